The summed E-state index contributed by atoms with van der Waals surface area (Å²) in [5.74, 6) is -1.09. The van der Waals surface area contributed by atoms with Crippen molar-refractivity contribution in [2.24, 2.45) is 0 Å². The predicted molar refractivity (Wildman–Crippen MR) is 69.7 cm³/mol. The van der Waals surface area contributed by atoms with Crippen molar-refractivity contribution < 1.29 is 18.3 Å². The Balaban J connectivity index is 1.86. The SMILES string of the molecule is O=C(O)Cn1cc(S(=O)(=O)NCCCn2ccnn2)cn1. The van der Waals surface area contributed by atoms with E-state index in [0.29, 0.717) is 13.0 Å². The number of carbonyl (C=O) groups is 1. The third-order valence-corrected chi connectivity index (χ3v) is 3.96. The normalized spacial score (nSPS) is 11.6. The molecule has 0 aliphatic carbocycles. The van der Waals surface area contributed by atoms with E-state index in [2.05, 4.69) is 20.1 Å². The molecule has 11 heteroatoms. The van der Waals surface area contributed by atoms with Crippen molar-refractivity contribution in [2.45, 2.75) is 24.4 Å². The number of carboxylic acids is 1. The summed E-state index contributed by atoms with van der Waals surface area (Å²) in [5, 5.41) is 19.7. The van der Waals surface area contributed by atoms with E-state index in [-0.39, 0.29) is 18.0 Å². The van der Waals surface area contributed by atoms with Crippen molar-refractivity contribution >= 4 is 16.0 Å². The lowest BCUT2D eigenvalue weighted by Crippen LogP contribution is -2.25. The van der Waals surface area contributed by atoms with E-state index in [0.717, 1.165) is 10.9 Å². The number of hydrogen-bond acceptors (Lipinski definition) is 6. The third kappa shape index (κ3) is 4.36. The van der Waals surface area contributed by atoms with E-state index in [4.69, 9.17) is 5.11 Å². The molecule has 0 radical (unpaired) electrons. The Kier molecular flexibility index (Phi) is 4.65. The second kappa shape index (κ2) is 6.45. The van der Waals surface area contributed by atoms with Crippen molar-refractivity contribution in [3.63, 3.8) is 0 Å². The first kappa shape index (κ1) is 15.1. The molecule has 2 rings (SSSR count). The first-order valence-corrected chi connectivity index (χ1v) is 7.54. The average Bonchev–Trinajstić information content (AvgIpc) is 3.05. The Labute approximate surface area is 120 Å². The maximum atomic E-state index is 11.9. The van der Waals surface area contributed by atoms with Crippen LogP contribution in [0.2, 0.25) is 0 Å². The van der Waals surface area contributed by atoms with Gasteiger partial charge in [0.1, 0.15) is 11.4 Å². The van der Waals surface area contributed by atoms with Gasteiger partial charge >= 0.3 is 5.97 Å². The van der Waals surface area contributed by atoms with Gasteiger partial charge in [-0.25, -0.2) is 13.1 Å². The van der Waals surface area contributed by atoms with Crippen LogP contribution in [0.4, 0.5) is 0 Å². The molecule has 0 aromatic carbocycles. The molecule has 2 N–H and O–H groups in total. The van der Waals surface area contributed by atoms with Crippen molar-refractivity contribution in [3.8, 4) is 0 Å². The highest BCUT2D eigenvalue weighted by Gasteiger charge is 2.16. The number of sulfonamides is 1. The Morgan fingerprint density at radius 1 is 1.38 bits per heavy atom. The molecule has 0 saturated heterocycles. The molecule has 2 aromatic heterocycles. The topological polar surface area (TPSA) is 132 Å². The van der Waals surface area contributed by atoms with Crippen molar-refractivity contribution in [2.75, 3.05) is 6.54 Å². The maximum Gasteiger partial charge on any atom is 0.325 e. The average molecular weight is 314 g/mol. The highest BCUT2D eigenvalue weighted by molar-refractivity contribution is 7.89. The van der Waals surface area contributed by atoms with Crippen LogP contribution in [-0.2, 0) is 27.9 Å². The summed E-state index contributed by atoms with van der Waals surface area (Å²) in [7, 11) is -3.69. The monoisotopic (exact) mass is 314 g/mol. The molecule has 114 valence electrons. The van der Waals surface area contributed by atoms with Crippen LogP contribution < -0.4 is 4.72 Å². The van der Waals surface area contributed by atoms with Gasteiger partial charge in [-0.15, -0.1) is 5.10 Å². The zero-order valence-corrected chi connectivity index (χ0v) is 11.8. The first-order chi connectivity index (χ1) is 9.97. The number of nitrogens with one attached hydrogen (secondary N) is 1. The van der Waals surface area contributed by atoms with Gasteiger partial charge in [0.15, 0.2) is 0 Å². The smallest absolute Gasteiger partial charge is 0.325 e. The van der Waals surface area contributed by atoms with Gasteiger partial charge in [-0.1, -0.05) is 5.21 Å². The number of aryl methyl sites for hydroxylation is 1. The molecular formula is C10H14N6O4S. The van der Waals surface area contributed by atoms with Gasteiger partial charge in [0.25, 0.3) is 0 Å². The fraction of sp³-hybridized carbons (Fsp3) is 0.400. The Morgan fingerprint density at radius 3 is 2.86 bits per heavy atom. The van der Waals surface area contributed by atoms with Gasteiger partial charge < -0.3 is 5.11 Å². The Morgan fingerprint density at radius 2 is 2.19 bits per heavy atom. The van der Waals surface area contributed by atoms with Crippen LogP contribution in [0.1, 0.15) is 6.42 Å². The summed E-state index contributed by atoms with van der Waals surface area (Å²) in [5.41, 5.74) is 0. The number of rotatable bonds is 8. The summed E-state index contributed by atoms with van der Waals surface area (Å²) in [4.78, 5) is 10.4. The number of aliphatic carboxylic acids is 1. The maximum absolute atomic E-state index is 11.9. The summed E-state index contributed by atoms with van der Waals surface area (Å²) < 4.78 is 29.0. The summed E-state index contributed by atoms with van der Waals surface area (Å²) >= 11 is 0. The summed E-state index contributed by atoms with van der Waals surface area (Å²) in [6, 6.07) is 0. The zero-order valence-electron chi connectivity index (χ0n) is 11.0. The number of hydrogen-bond donors (Lipinski definition) is 2. The number of aromatic nitrogens is 5. The van der Waals surface area contributed by atoms with E-state index in [1.54, 1.807) is 17.1 Å². The van der Waals surface area contributed by atoms with E-state index >= 15 is 0 Å². The van der Waals surface area contributed by atoms with Crippen LogP contribution in [0.3, 0.4) is 0 Å². The van der Waals surface area contributed by atoms with Gasteiger partial charge in [-0.2, -0.15) is 5.10 Å². The second-order valence-corrected chi connectivity index (χ2v) is 5.95. The van der Waals surface area contributed by atoms with E-state index in [1.807, 2.05) is 0 Å². The molecule has 10 nitrogen and oxygen atoms in total. The summed E-state index contributed by atoms with van der Waals surface area (Å²) in [6.45, 7) is 0.384. The van der Waals surface area contributed by atoms with E-state index in [9.17, 15) is 13.2 Å². The van der Waals surface area contributed by atoms with Crippen molar-refractivity contribution in [3.05, 3.63) is 24.8 Å². The molecule has 0 saturated carbocycles. The van der Waals surface area contributed by atoms with E-state index in [1.165, 1.54) is 6.20 Å². The molecular weight excluding hydrogens is 300 g/mol. The minimum absolute atomic E-state index is 0.0653. The predicted octanol–water partition coefficient (Wildman–Crippen LogP) is -1.07. The molecule has 0 fully saturated rings. The molecule has 0 amide bonds. The Hall–Kier alpha value is -2.27. The van der Waals surface area contributed by atoms with Crippen LogP contribution in [0.25, 0.3) is 0 Å². The van der Waals surface area contributed by atoms with Crippen LogP contribution in [0.5, 0.6) is 0 Å². The molecule has 2 aromatic rings. The minimum Gasteiger partial charge on any atom is -0.480 e. The van der Waals surface area contributed by atoms with Crippen molar-refractivity contribution in [1.82, 2.24) is 29.5 Å². The number of nitrogens with zero attached hydrogens (tertiary/aromatic N) is 5. The highest BCUT2D eigenvalue weighted by Crippen LogP contribution is 2.06. The van der Waals surface area contributed by atoms with Gasteiger partial charge in [0, 0.05) is 25.5 Å². The molecule has 21 heavy (non-hydrogen) atoms. The largest absolute Gasteiger partial charge is 0.480 e. The highest BCUT2D eigenvalue weighted by atomic mass is 32.2. The van der Waals surface area contributed by atoms with Gasteiger partial charge in [0.05, 0.1) is 12.4 Å². The lowest BCUT2D eigenvalue weighted by Gasteiger charge is -2.04. The Bertz CT molecular complexity index is 693. The molecule has 2 heterocycles. The molecule has 0 atom stereocenters. The van der Waals surface area contributed by atoms with Gasteiger partial charge in [-0.3, -0.25) is 14.2 Å². The number of carboxylic acid groups (broad SMARTS) is 1. The van der Waals surface area contributed by atoms with Crippen LogP contribution in [0.15, 0.2) is 29.7 Å². The van der Waals surface area contributed by atoms with Gasteiger partial charge in [0.2, 0.25) is 10.0 Å². The zero-order chi connectivity index (χ0) is 15.3. The molecule has 0 aliphatic rings. The minimum atomic E-state index is -3.69. The standard InChI is InChI=1S/C10H14N6O4S/c17-10(18)8-16-7-9(6-12-16)21(19,20)13-2-1-4-15-5-3-11-14-15/h3,5-7,13H,1-2,4,8H2,(H,17,18). The van der Waals surface area contributed by atoms with Gasteiger partial charge in [-0.05, 0) is 6.42 Å². The lowest BCUT2D eigenvalue weighted by molar-refractivity contribution is -0.137. The lowest BCUT2D eigenvalue weighted by atomic mass is 10.4. The molecule has 0 unspecified atom stereocenters. The summed E-state index contributed by atoms with van der Waals surface area (Å²) in [6.07, 6.45) is 6.06. The molecule has 0 aliphatic heterocycles. The van der Waals surface area contributed by atoms with Crippen LogP contribution in [-0.4, -0.2) is 50.8 Å². The third-order valence-electron chi connectivity index (χ3n) is 2.55. The quantitative estimate of drug-likeness (QED) is 0.593. The fourth-order valence-electron chi connectivity index (χ4n) is 1.59. The first-order valence-electron chi connectivity index (χ1n) is 6.05. The van der Waals surface area contributed by atoms with Crippen molar-refractivity contribution in [1.29, 1.82) is 0 Å². The second-order valence-electron chi connectivity index (χ2n) is 4.18. The molecule has 0 spiro atoms. The van der Waals surface area contributed by atoms with E-state index < -0.39 is 16.0 Å². The fourth-order valence-corrected chi connectivity index (χ4v) is 2.62. The molecule has 0 bridgehead atoms. The van der Waals surface area contributed by atoms with Crippen LogP contribution >= 0.6 is 0 Å². The van der Waals surface area contributed by atoms with Crippen LogP contribution in [0, 0.1) is 0 Å².